The van der Waals surface area contributed by atoms with Crippen molar-refractivity contribution in [1.82, 2.24) is 4.90 Å². The van der Waals surface area contributed by atoms with E-state index in [-0.39, 0.29) is 6.04 Å². The largest absolute Gasteiger partial charge is 0.326 e. The third-order valence-electron chi connectivity index (χ3n) is 4.00. The molecule has 1 aromatic heterocycles. The van der Waals surface area contributed by atoms with E-state index in [0.29, 0.717) is 6.04 Å². The summed E-state index contributed by atoms with van der Waals surface area (Å²) in [6.45, 7) is 6.94. The molecular weight excluding hydrogens is 228 g/mol. The van der Waals surface area contributed by atoms with Gasteiger partial charge in [0.15, 0.2) is 0 Å². The number of rotatable bonds is 5. The van der Waals surface area contributed by atoms with Crippen molar-refractivity contribution in [3.8, 4) is 0 Å². The van der Waals surface area contributed by atoms with Gasteiger partial charge in [-0.05, 0) is 36.8 Å². The third kappa shape index (κ3) is 2.90. The number of hydrogen-bond acceptors (Lipinski definition) is 3. The molecule has 2 rings (SSSR count). The highest BCUT2D eigenvalue weighted by Gasteiger charge is 2.31. The van der Waals surface area contributed by atoms with Gasteiger partial charge in [0.1, 0.15) is 0 Å². The Hall–Kier alpha value is -0.380. The molecule has 1 aromatic rings. The molecule has 1 aliphatic rings. The minimum atomic E-state index is 0.268. The highest BCUT2D eigenvalue weighted by Crippen LogP contribution is 2.33. The first-order valence-electron chi connectivity index (χ1n) is 6.79. The Labute approximate surface area is 109 Å². The maximum absolute atomic E-state index is 6.34. The SMILES string of the molecule is CCC1CCN(C(c2cccs2)C(N)CC)C1. The summed E-state index contributed by atoms with van der Waals surface area (Å²) in [6, 6.07) is 5.09. The first kappa shape index (κ1) is 13.1. The van der Waals surface area contributed by atoms with E-state index < -0.39 is 0 Å². The average molecular weight is 252 g/mol. The molecule has 3 heteroatoms. The monoisotopic (exact) mass is 252 g/mol. The Kier molecular flexibility index (Phi) is 4.60. The summed E-state index contributed by atoms with van der Waals surface area (Å²) in [5, 5.41) is 2.16. The van der Waals surface area contributed by atoms with Crippen molar-refractivity contribution in [2.24, 2.45) is 11.7 Å². The van der Waals surface area contributed by atoms with Crippen LogP contribution in [0.4, 0.5) is 0 Å². The van der Waals surface area contributed by atoms with Crippen LogP contribution in [0, 0.1) is 5.92 Å². The quantitative estimate of drug-likeness (QED) is 0.871. The summed E-state index contributed by atoms with van der Waals surface area (Å²) in [7, 11) is 0. The Morgan fingerprint density at radius 1 is 1.53 bits per heavy atom. The van der Waals surface area contributed by atoms with E-state index >= 15 is 0 Å². The zero-order valence-electron chi connectivity index (χ0n) is 10.9. The summed E-state index contributed by atoms with van der Waals surface area (Å²) in [5.74, 6) is 0.876. The van der Waals surface area contributed by atoms with Crippen LogP contribution in [0.1, 0.15) is 44.0 Å². The van der Waals surface area contributed by atoms with Gasteiger partial charge in [-0.3, -0.25) is 4.90 Å². The summed E-state index contributed by atoms with van der Waals surface area (Å²) in [6.07, 6.45) is 3.69. The highest BCUT2D eigenvalue weighted by molar-refractivity contribution is 7.10. The predicted octanol–water partition coefficient (Wildman–Crippen LogP) is 3.26. The zero-order chi connectivity index (χ0) is 12.3. The van der Waals surface area contributed by atoms with Gasteiger partial charge in [0.25, 0.3) is 0 Å². The van der Waals surface area contributed by atoms with E-state index in [4.69, 9.17) is 5.73 Å². The van der Waals surface area contributed by atoms with Crippen LogP contribution in [-0.4, -0.2) is 24.0 Å². The summed E-state index contributed by atoms with van der Waals surface area (Å²) in [4.78, 5) is 4.05. The molecule has 0 radical (unpaired) electrons. The average Bonchev–Trinajstić information content (AvgIpc) is 3.00. The Balaban J connectivity index is 2.11. The highest BCUT2D eigenvalue weighted by atomic mass is 32.1. The molecule has 1 saturated heterocycles. The fraction of sp³-hybridized carbons (Fsp3) is 0.714. The Morgan fingerprint density at radius 2 is 2.35 bits per heavy atom. The summed E-state index contributed by atoms with van der Waals surface area (Å²) < 4.78 is 0. The van der Waals surface area contributed by atoms with E-state index in [0.717, 1.165) is 12.3 Å². The number of likely N-dealkylation sites (tertiary alicyclic amines) is 1. The van der Waals surface area contributed by atoms with Gasteiger partial charge in [-0.1, -0.05) is 26.3 Å². The van der Waals surface area contributed by atoms with Crippen LogP contribution < -0.4 is 5.73 Å². The van der Waals surface area contributed by atoms with E-state index in [1.54, 1.807) is 0 Å². The molecule has 0 spiro atoms. The van der Waals surface area contributed by atoms with E-state index in [1.165, 1.54) is 30.8 Å². The van der Waals surface area contributed by atoms with Crippen molar-refractivity contribution in [1.29, 1.82) is 0 Å². The second kappa shape index (κ2) is 5.98. The standard InChI is InChI=1S/C14H24N2S/c1-3-11-7-8-16(10-11)14(12(15)4-2)13-6-5-9-17-13/h5-6,9,11-12,14H,3-4,7-8,10,15H2,1-2H3. The summed E-state index contributed by atoms with van der Waals surface area (Å²) in [5.41, 5.74) is 6.34. The van der Waals surface area contributed by atoms with Crippen molar-refractivity contribution < 1.29 is 0 Å². The van der Waals surface area contributed by atoms with Crippen molar-refractivity contribution in [3.05, 3.63) is 22.4 Å². The van der Waals surface area contributed by atoms with E-state index in [9.17, 15) is 0 Å². The maximum atomic E-state index is 6.34. The number of nitrogens with two attached hydrogens (primary N) is 1. The molecule has 0 aliphatic carbocycles. The molecule has 3 atom stereocenters. The first-order chi connectivity index (χ1) is 8.26. The molecular formula is C14H24N2S. The minimum Gasteiger partial charge on any atom is -0.326 e. The number of hydrogen-bond donors (Lipinski definition) is 1. The number of nitrogens with zero attached hydrogens (tertiary/aromatic N) is 1. The zero-order valence-corrected chi connectivity index (χ0v) is 11.7. The molecule has 0 amide bonds. The second-order valence-corrected chi connectivity index (χ2v) is 6.07. The molecule has 0 aromatic carbocycles. The smallest absolute Gasteiger partial charge is 0.0593 e. The van der Waals surface area contributed by atoms with Gasteiger partial charge in [0.2, 0.25) is 0 Å². The number of thiophene rings is 1. The predicted molar refractivity (Wildman–Crippen MR) is 75.3 cm³/mol. The van der Waals surface area contributed by atoms with Gasteiger partial charge in [-0.15, -0.1) is 11.3 Å². The Morgan fingerprint density at radius 3 is 2.88 bits per heavy atom. The molecule has 2 nitrogen and oxygen atoms in total. The van der Waals surface area contributed by atoms with Gasteiger partial charge in [-0.25, -0.2) is 0 Å². The van der Waals surface area contributed by atoms with Gasteiger partial charge in [0.05, 0.1) is 6.04 Å². The van der Waals surface area contributed by atoms with Crippen LogP contribution in [0.3, 0.4) is 0 Å². The van der Waals surface area contributed by atoms with Crippen LogP contribution in [-0.2, 0) is 0 Å². The molecule has 0 saturated carbocycles. The lowest BCUT2D eigenvalue weighted by Crippen LogP contribution is -2.39. The van der Waals surface area contributed by atoms with E-state index in [2.05, 4.69) is 36.3 Å². The molecule has 2 heterocycles. The van der Waals surface area contributed by atoms with Crippen LogP contribution in [0.5, 0.6) is 0 Å². The molecule has 2 N–H and O–H groups in total. The summed E-state index contributed by atoms with van der Waals surface area (Å²) >= 11 is 1.85. The maximum Gasteiger partial charge on any atom is 0.0593 e. The molecule has 1 aliphatic heterocycles. The lowest BCUT2D eigenvalue weighted by molar-refractivity contribution is 0.205. The van der Waals surface area contributed by atoms with Crippen LogP contribution in [0.15, 0.2) is 17.5 Å². The minimum absolute atomic E-state index is 0.268. The van der Waals surface area contributed by atoms with Crippen LogP contribution in [0.2, 0.25) is 0 Å². The lowest BCUT2D eigenvalue weighted by atomic mass is 10.0. The first-order valence-corrected chi connectivity index (χ1v) is 7.67. The van der Waals surface area contributed by atoms with E-state index in [1.807, 2.05) is 11.3 Å². The molecule has 96 valence electrons. The molecule has 0 bridgehead atoms. The van der Waals surface area contributed by atoms with Gasteiger partial charge < -0.3 is 5.73 Å². The Bertz CT molecular complexity index is 323. The van der Waals surface area contributed by atoms with Crippen molar-refractivity contribution in [2.75, 3.05) is 13.1 Å². The second-order valence-electron chi connectivity index (χ2n) is 5.09. The van der Waals surface area contributed by atoms with Crippen LogP contribution in [0.25, 0.3) is 0 Å². The van der Waals surface area contributed by atoms with Crippen molar-refractivity contribution in [2.45, 2.75) is 45.2 Å². The van der Waals surface area contributed by atoms with Gasteiger partial charge in [0, 0.05) is 17.5 Å². The fourth-order valence-corrected chi connectivity index (χ4v) is 3.73. The van der Waals surface area contributed by atoms with Gasteiger partial charge >= 0.3 is 0 Å². The van der Waals surface area contributed by atoms with Crippen molar-refractivity contribution >= 4 is 11.3 Å². The molecule has 1 fully saturated rings. The molecule has 3 unspecified atom stereocenters. The fourth-order valence-electron chi connectivity index (χ4n) is 2.79. The van der Waals surface area contributed by atoms with Gasteiger partial charge in [-0.2, -0.15) is 0 Å². The topological polar surface area (TPSA) is 29.3 Å². The third-order valence-corrected chi connectivity index (χ3v) is 4.94. The van der Waals surface area contributed by atoms with Crippen LogP contribution >= 0.6 is 11.3 Å². The molecule has 17 heavy (non-hydrogen) atoms. The normalized spacial score (nSPS) is 25.0. The lowest BCUT2D eigenvalue weighted by Gasteiger charge is -2.31. The van der Waals surface area contributed by atoms with Crippen molar-refractivity contribution in [3.63, 3.8) is 0 Å².